The van der Waals surface area contributed by atoms with Gasteiger partial charge in [-0.2, -0.15) is 0 Å². The molecule has 7 atom stereocenters. The summed E-state index contributed by atoms with van der Waals surface area (Å²) >= 11 is 3.71. The number of carbonyl (C=O) groups excluding carboxylic acids is 3. The van der Waals surface area contributed by atoms with E-state index in [-0.39, 0.29) is 35.1 Å². The number of nitrogens with zero attached hydrogens (tertiary/aromatic N) is 2. The lowest BCUT2D eigenvalue weighted by Gasteiger charge is -2.37. The fraction of sp³-hybridized carbons (Fsp3) is 0.700. The normalized spacial score (nSPS) is 31.3. The van der Waals surface area contributed by atoms with Gasteiger partial charge in [0.25, 0.3) is 0 Å². The Balaban J connectivity index is 1.40. The van der Waals surface area contributed by atoms with Gasteiger partial charge in [0.1, 0.15) is 17.4 Å². The highest BCUT2D eigenvalue weighted by Gasteiger charge is 2.77. The molecule has 5 rings (SSSR count). The zero-order valence-electron chi connectivity index (χ0n) is 24.6. The third-order valence-corrected chi connectivity index (χ3v) is 9.73. The van der Waals surface area contributed by atoms with E-state index in [9.17, 15) is 19.5 Å². The Hall–Kier alpha value is -2.25. The van der Waals surface area contributed by atoms with Crippen molar-refractivity contribution in [2.75, 3.05) is 57.9 Å². The van der Waals surface area contributed by atoms with Crippen LogP contribution in [0.3, 0.4) is 0 Å². The Morgan fingerprint density at radius 3 is 2.55 bits per heavy atom. The fourth-order valence-corrected chi connectivity index (χ4v) is 8.11. The van der Waals surface area contributed by atoms with E-state index in [1.54, 1.807) is 24.3 Å². The molecule has 3 amide bonds. The predicted molar refractivity (Wildman–Crippen MR) is 159 cm³/mol. The van der Waals surface area contributed by atoms with E-state index in [0.29, 0.717) is 57.2 Å². The maximum Gasteiger partial charge on any atom is 0.245 e. The Bertz CT molecular complexity index is 1130. The number of halogens is 1. The Labute approximate surface area is 255 Å². The summed E-state index contributed by atoms with van der Waals surface area (Å²) < 4.78 is 17.5. The smallest absolute Gasteiger partial charge is 0.245 e. The second-order valence-corrected chi connectivity index (χ2v) is 13.2. The minimum absolute atomic E-state index is 0.179. The van der Waals surface area contributed by atoms with Gasteiger partial charge in [0.2, 0.25) is 17.7 Å². The molecule has 4 heterocycles. The van der Waals surface area contributed by atoms with E-state index in [2.05, 4.69) is 31.5 Å². The van der Waals surface area contributed by atoms with Crippen LogP contribution in [0.25, 0.3) is 0 Å². The summed E-state index contributed by atoms with van der Waals surface area (Å²) in [7, 11) is 0. The number of rotatable bonds is 12. The van der Waals surface area contributed by atoms with Crippen LogP contribution in [0.15, 0.2) is 24.3 Å². The molecule has 4 aliphatic heterocycles. The summed E-state index contributed by atoms with van der Waals surface area (Å²) in [4.78, 5) is 45.7. The van der Waals surface area contributed by atoms with Gasteiger partial charge in [-0.05, 0) is 49.9 Å². The van der Waals surface area contributed by atoms with Crippen molar-refractivity contribution in [3.8, 4) is 5.75 Å². The molecular formula is C30H43BrN4O7. The lowest BCUT2D eigenvalue weighted by molar-refractivity contribution is -0.145. The topological polar surface area (TPSA) is 130 Å². The van der Waals surface area contributed by atoms with E-state index in [1.165, 1.54) is 4.90 Å². The van der Waals surface area contributed by atoms with Crippen molar-refractivity contribution in [3.63, 3.8) is 0 Å². The van der Waals surface area contributed by atoms with E-state index < -0.39 is 35.6 Å². The van der Waals surface area contributed by atoms with Crippen molar-refractivity contribution in [3.05, 3.63) is 24.3 Å². The van der Waals surface area contributed by atoms with Crippen LogP contribution in [0.5, 0.6) is 5.75 Å². The Morgan fingerprint density at radius 2 is 1.90 bits per heavy atom. The van der Waals surface area contributed by atoms with Gasteiger partial charge in [-0.1, -0.05) is 29.8 Å². The summed E-state index contributed by atoms with van der Waals surface area (Å²) in [6.07, 6.45) is 0.371. The van der Waals surface area contributed by atoms with Gasteiger partial charge in [0.15, 0.2) is 0 Å². The number of anilines is 1. The van der Waals surface area contributed by atoms with Crippen molar-refractivity contribution >= 4 is 39.3 Å². The van der Waals surface area contributed by atoms with Crippen LogP contribution in [0.2, 0.25) is 0 Å². The molecule has 12 heteroatoms. The predicted octanol–water partition coefficient (Wildman–Crippen LogP) is 1.63. The van der Waals surface area contributed by atoms with Crippen LogP contribution in [0, 0.1) is 17.8 Å². The highest BCUT2D eigenvalue weighted by atomic mass is 79.9. The summed E-state index contributed by atoms with van der Waals surface area (Å²) in [5, 5.41) is 16.4. The number of morpholine rings is 1. The lowest BCUT2D eigenvalue weighted by Crippen LogP contribution is -2.59. The van der Waals surface area contributed by atoms with E-state index >= 15 is 0 Å². The van der Waals surface area contributed by atoms with E-state index in [4.69, 9.17) is 14.2 Å². The summed E-state index contributed by atoms with van der Waals surface area (Å²) in [5.41, 5.74) is -0.594. The molecule has 0 aromatic heterocycles. The first-order valence-electron chi connectivity index (χ1n) is 15.1. The molecule has 4 aliphatic rings. The number of hydrogen-bond acceptors (Lipinski definition) is 8. The number of amides is 3. The molecule has 0 saturated carbocycles. The number of ether oxygens (including phenoxy) is 3. The van der Waals surface area contributed by atoms with Crippen molar-refractivity contribution < 1.29 is 33.7 Å². The minimum Gasteiger partial charge on any atom is -0.494 e. The number of aliphatic hydroxyl groups excluding tert-OH is 1. The first kappa shape index (κ1) is 31.2. The molecule has 0 radical (unpaired) electrons. The quantitative estimate of drug-likeness (QED) is 0.291. The number of fused-ring (bicyclic) bond motifs is 1. The van der Waals surface area contributed by atoms with E-state index in [1.807, 2.05) is 20.8 Å². The summed E-state index contributed by atoms with van der Waals surface area (Å²) in [5.74, 6) is -1.71. The number of alkyl halides is 1. The molecule has 3 N–H and O–H groups in total. The average Bonchev–Trinajstić information content (AvgIpc) is 3.56. The van der Waals surface area contributed by atoms with Gasteiger partial charge in [0, 0.05) is 36.7 Å². The van der Waals surface area contributed by atoms with Crippen LogP contribution in [0.1, 0.15) is 33.6 Å². The van der Waals surface area contributed by atoms with Crippen LogP contribution >= 0.6 is 15.9 Å². The molecule has 4 saturated heterocycles. The molecule has 3 unspecified atom stereocenters. The van der Waals surface area contributed by atoms with Crippen LogP contribution in [-0.2, 0) is 23.9 Å². The van der Waals surface area contributed by atoms with Gasteiger partial charge >= 0.3 is 0 Å². The van der Waals surface area contributed by atoms with Gasteiger partial charge < -0.3 is 34.9 Å². The standard InChI is InChI=1S/C30H43BrN4O7/c1-4-41-21-7-5-19(6-8-21)33-27(37)23-24-29(39)35(20(17-36)15-18(2)3)26(30(24)16-22(31)25(23)42-30)28(38)32-9-10-34-11-13-40-14-12-34/h5-8,18,20,22-26,36H,4,9-17H2,1-3H3,(H,32,38)(H,33,37)/t20-,22?,23-,24+,25-,26?,30?/m1/s1. The lowest BCUT2D eigenvalue weighted by atomic mass is 9.70. The van der Waals surface area contributed by atoms with Crippen molar-refractivity contribution in [1.29, 1.82) is 0 Å². The summed E-state index contributed by atoms with van der Waals surface area (Å²) in [6, 6.07) is 5.56. The molecule has 11 nitrogen and oxygen atoms in total. The molecule has 2 bridgehead atoms. The second kappa shape index (κ2) is 13.2. The minimum atomic E-state index is -1.18. The van der Waals surface area contributed by atoms with E-state index in [0.717, 1.165) is 13.1 Å². The zero-order valence-corrected chi connectivity index (χ0v) is 26.2. The number of aliphatic hydroxyl groups is 1. The van der Waals surface area contributed by atoms with Crippen molar-refractivity contribution in [2.24, 2.45) is 17.8 Å². The third kappa shape index (κ3) is 5.93. The zero-order chi connectivity index (χ0) is 30.0. The first-order valence-corrected chi connectivity index (χ1v) is 16.0. The highest BCUT2D eigenvalue weighted by Crippen LogP contribution is 2.60. The van der Waals surface area contributed by atoms with Gasteiger partial charge in [-0.15, -0.1) is 0 Å². The SMILES string of the molecule is CCOc1ccc(NC(=O)[C@H]2[C@@H]3OC4(CC3Br)C(C(=O)NCCN3CCOCC3)N([C@@H](CO)CC(C)C)C(=O)[C@H]24)cc1. The van der Waals surface area contributed by atoms with Crippen LogP contribution < -0.4 is 15.4 Å². The number of carbonyl (C=O) groups is 3. The molecule has 4 fully saturated rings. The van der Waals surface area contributed by atoms with Crippen molar-refractivity contribution in [2.45, 2.75) is 62.2 Å². The van der Waals surface area contributed by atoms with Crippen LogP contribution in [0.4, 0.5) is 5.69 Å². The Kier molecular flexibility index (Phi) is 9.78. The van der Waals surface area contributed by atoms with Gasteiger partial charge in [0.05, 0.1) is 50.4 Å². The number of nitrogens with one attached hydrogen (secondary N) is 2. The number of benzene rings is 1. The molecule has 1 spiro atoms. The highest BCUT2D eigenvalue weighted by molar-refractivity contribution is 9.09. The largest absolute Gasteiger partial charge is 0.494 e. The molecule has 1 aromatic carbocycles. The maximum atomic E-state index is 14.3. The molecule has 42 heavy (non-hydrogen) atoms. The Morgan fingerprint density at radius 1 is 1.19 bits per heavy atom. The third-order valence-electron chi connectivity index (χ3n) is 8.89. The van der Waals surface area contributed by atoms with Gasteiger partial charge in [-0.25, -0.2) is 0 Å². The first-order chi connectivity index (χ1) is 20.2. The monoisotopic (exact) mass is 650 g/mol. The van der Waals surface area contributed by atoms with Crippen LogP contribution in [-0.4, -0.2) is 114 Å². The summed E-state index contributed by atoms with van der Waals surface area (Å²) in [6.45, 7) is 10.2. The average molecular weight is 652 g/mol. The molecule has 232 valence electrons. The van der Waals surface area contributed by atoms with Crippen molar-refractivity contribution in [1.82, 2.24) is 15.1 Å². The number of likely N-dealkylation sites (tertiary alicyclic amines) is 1. The van der Waals surface area contributed by atoms with Gasteiger partial charge in [-0.3, -0.25) is 19.3 Å². The maximum absolute atomic E-state index is 14.3. The molecular weight excluding hydrogens is 608 g/mol. The second-order valence-electron chi connectivity index (χ2n) is 12.1. The fourth-order valence-electron chi connectivity index (χ4n) is 7.17. The number of hydrogen-bond donors (Lipinski definition) is 3. The molecule has 1 aromatic rings. The molecule has 0 aliphatic carbocycles.